The Morgan fingerprint density at radius 3 is 2.86 bits per heavy atom. The fourth-order valence-electron chi connectivity index (χ4n) is 0.841. The first-order chi connectivity index (χ1) is 6.72. The Balaban J connectivity index is 2.61. The first-order valence-electron chi connectivity index (χ1n) is 3.31. The minimum absolute atomic E-state index is 0.00282. The van der Waals surface area contributed by atoms with E-state index >= 15 is 0 Å². The van der Waals surface area contributed by atoms with Gasteiger partial charge in [0, 0.05) is 0 Å². The van der Waals surface area contributed by atoms with Gasteiger partial charge in [-0.05, 0) is 4.90 Å². The Kier molecular flexibility index (Phi) is 1.54. The van der Waals surface area contributed by atoms with Crippen LogP contribution in [-0.4, -0.2) is 15.3 Å². The van der Waals surface area contributed by atoms with Crippen LogP contribution in [0.15, 0.2) is 9.15 Å². The molecule has 0 radical (unpaired) electrons. The highest BCUT2D eigenvalue weighted by Crippen LogP contribution is 2.14. The van der Waals surface area contributed by atoms with Gasteiger partial charge >= 0.3 is 11.7 Å². The van der Waals surface area contributed by atoms with E-state index in [4.69, 9.17) is 11.0 Å². The smallest absolute Gasteiger partial charge is 0.328 e. The van der Waals surface area contributed by atoms with E-state index in [-0.39, 0.29) is 28.1 Å². The van der Waals surface area contributed by atoms with Crippen LogP contribution in [0.25, 0.3) is 11.5 Å². The van der Waals surface area contributed by atoms with Crippen LogP contribution < -0.4 is 10.6 Å². The van der Waals surface area contributed by atoms with E-state index in [1.54, 1.807) is 6.07 Å². The monoisotopic (exact) mass is 194 g/mol. The molecule has 2 aromatic rings. The number of nitriles is 1. The highest BCUT2D eigenvalue weighted by Gasteiger charge is 2.25. The Morgan fingerprint density at radius 1 is 1.50 bits per heavy atom. The standard InChI is InChI=1S/C5H2N6O3/c6-1-2-3(11(12)14-9-2)4-8-5(7)13-10-4/h(H2,7,8,10). The third-order valence-electron chi connectivity index (χ3n) is 1.37. The molecule has 14 heavy (non-hydrogen) atoms. The maximum absolute atomic E-state index is 11.0. The lowest BCUT2D eigenvalue weighted by molar-refractivity contribution is -0.793. The van der Waals surface area contributed by atoms with Crippen molar-refractivity contribution in [1.82, 2.24) is 15.3 Å². The molecule has 0 atom stereocenters. The van der Waals surface area contributed by atoms with Gasteiger partial charge in [0.05, 0.1) is 5.16 Å². The SMILES string of the molecule is N#Cc1no[n+]([O-])c1-c1noc(N)n1. The highest BCUT2D eigenvalue weighted by atomic mass is 16.8. The molecule has 2 heterocycles. The summed E-state index contributed by atoms with van der Waals surface area (Å²) in [5.74, 6) is -0.143. The van der Waals surface area contributed by atoms with Crippen LogP contribution in [0.5, 0.6) is 0 Å². The lowest BCUT2D eigenvalue weighted by Crippen LogP contribution is -2.25. The minimum atomic E-state index is -0.235. The van der Waals surface area contributed by atoms with E-state index in [1.807, 2.05) is 0 Å². The van der Waals surface area contributed by atoms with Crippen molar-refractivity contribution in [2.24, 2.45) is 0 Å². The minimum Gasteiger partial charge on any atom is -0.359 e. The van der Waals surface area contributed by atoms with Gasteiger partial charge in [-0.1, -0.05) is 5.16 Å². The second kappa shape index (κ2) is 2.70. The van der Waals surface area contributed by atoms with E-state index < -0.39 is 0 Å². The Morgan fingerprint density at radius 2 is 2.29 bits per heavy atom. The summed E-state index contributed by atoms with van der Waals surface area (Å²) < 4.78 is 8.60. The number of hydrogen-bond donors (Lipinski definition) is 1. The molecule has 0 aliphatic heterocycles. The van der Waals surface area contributed by atoms with Crippen LogP contribution in [0.1, 0.15) is 5.69 Å². The second-order valence-electron chi connectivity index (χ2n) is 2.20. The van der Waals surface area contributed by atoms with E-state index in [2.05, 4.69) is 24.4 Å². The number of nitrogen functional groups attached to an aromatic ring is 1. The number of hydrogen-bond acceptors (Lipinski definition) is 8. The van der Waals surface area contributed by atoms with Crippen molar-refractivity contribution < 1.29 is 14.1 Å². The Labute approximate surface area is 75.9 Å². The van der Waals surface area contributed by atoms with E-state index in [9.17, 15) is 5.21 Å². The predicted molar refractivity (Wildman–Crippen MR) is 37.9 cm³/mol. The first kappa shape index (κ1) is 7.99. The van der Waals surface area contributed by atoms with Crippen LogP contribution in [0.4, 0.5) is 6.01 Å². The number of nitrogens with two attached hydrogens (primary N) is 1. The number of nitrogens with zero attached hydrogens (tertiary/aromatic N) is 5. The summed E-state index contributed by atoms with van der Waals surface area (Å²) in [6.45, 7) is 0. The summed E-state index contributed by atoms with van der Waals surface area (Å²) in [5, 5.41) is 26.1. The molecule has 70 valence electrons. The predicted octanol–water partition coefficient (Wildman–Crippen LogP) is -1.19. The largest absolute Gasteiger partial charge is 0.359 e. The van der Waals surface area contributed by atoms with Crippen molar-refractivity contribution in [3.05, 3.63) is 10.9 Å². The molecule has 0 saturated heterocycles. The molecule has 0 amide bonds. The summed E-state index contributed by atoms with van der Waals surface area (Å²) in [7, 11) is 0. The van der Waals surface area contributed by atoms with E-state index in [1.165, 1.54) is 0 Å². The average Bonchev–Trinajstić information content (AvgIpc) is 2.71. The van der Waals surface area contributed by atoms with Gasteiger partial charge in [-0.2, -0.15) is 10.2 Å². The van der Waals surface area contributed by atoms with Gasteiger partial charge in [-0.3, -0.25) is 4.63 Å². The lowest BCUT2D eigenvalue weighted by atomic mass is 10.3. The van der Waals surface area contributed by atoms with Gasteiger partial charge in [-0.25, -0.2) is 0 Å². The lowest BCUT2D eigenvalue weighted by Gasteiger charge is -1.86. The third-order valence-corrected chi connectivity index (χ3v) is 1.37. The zero-order chi connectivity index (χ0) is 10.1. The number of rotatable bonds is 1. The molecular weight excluding hydrogens is 192 g/mol. The summed E-state index contributed by atoms with van der Waals surface area (Å²) in [5.41, 5.74) is 4.68. The van der Waals surface area contributed by atoms with Crippen LogP contribution >= 0.6 is 0 Å². The van der Waals surface area contributed by atoms with Crippen molar-refractivity contribution in [3.63, 3.8) is 0 Å². The molecule has 2 N–H and O–H groups in total. The van der Waals surface area contributed by atoms with E-state index in [0.717, 1.165) is 0 Å². The molecular formula is C5H2N6O3. The van der Waals surface area contributed by atoms with Crippen LogP contribution in [-0.2, 0) is 0 Å². The fourth-order valence-corrected chi connectivity index (χ4v) is 0.841. The topological polar surface area (TPSA) is 142 Å². The fraction of sp³-hybridized carbons (Fsp3) is 0. The summed E-state index contributed by atoms with van der Waals surface area (Å²) in [6.07, 6.45) is 0. The van der Waals surface area contributed by atoms with Gasteiger partial charge < -0.3 is 15.5 Å². The zero-order valence-corrected chi connectivity index (χ0v) is 6.54. The van der Waals surface area contributed by atoms with E-state index in [0.29, 0.717) is 0 Å². The normalized spacial score (nSPS) is 9.93. The molecule has 0 spiro atoms. The molecule has 0 bridgehead atoms. The molecule has 9 heteroatoms. The van der Waals surface area contributed by atoms with Gasteiger partial charge in [0.2, 0.25) is 0 Å². The maximum Gasteiger partial charge on any atom is 0.328 e. The highest BCUT2D eigenvalue weighted by molar-refractivity contribution is 5.52. The van der Waals surface area contributed by atoms with Crippen LogP contribution in [0.3, 0.4) is 0 Å². The van der Waals surface area contributed by atoms with Gasteiger partial charge in [0.25, 0.3) is 11.5 Å². The molecule has 0 aliphatic rings. The molecule has 0 saturated carbocycles. The van der Waals surface area contributed by atoms with Crippen LogP contribution in [0, 0.1) is 16.5 Å². The average molecular weight is 194 g/mol. The molecule has 2 rings (SSSR count). The number of aromatic nitrogens is 4. The van der Waals surface area contributed by atoms with Crippen molar-refractivity contribution in [2.45, 2.75) is 0 Å². The van der Waals surface area contributed by atoms with Gasteiger partial charge in [0.15, 0.2) is 6.07 Å². The first-order valence-corrected chi connectivity index (χ1v) is 3.31. The summed E-state index contributed by atoms with van der Waals surface area (Å²) in [6, 6.07) is 1.42. The molecule has 0 unspecified atom stereocenters. The molecule has 2 aromatic heterocycles. The molecule has 0 fully saturated rings. The molecule has 9 nitrogen and oxygen atoms in total. The Hall–Kier alpha value is -2.63. The maximum atomic E-state index is 11.0. The summed E-state index contributed by atoms with van der Waals surface area (Å²) >= 11 is 0. The Bertz CT molecular complexity index is 508. The molecule has 0 aliphatic carbocycles. The number of anilines is 1. The third kappa shape index (κ3) is 1.02. The molecule has 0 aromatic carbocycles. The van der Waals surface area contributed by atoms with Crippen molar-refractivity contribution >= 4 is 6.01 Å². The van der Waals surface area contributed by atoms with Crippen LogP contribution in [0.2, 0.25) is 0 Å². The second-order valence-corrected chi connectivity index (χ2v) is 2.20. The van der Waals surface area contributed by atoms with Gasteiger partial charge in [0.1, 0.15) is 0 Å². The van der Waals surface area contributed by atoms with Gasteiger partial charge in [-0.15, -0.1) is 0 Å². The zero-order valence-electron chi connectivity index (χ0n) is 6.54. The van der Waals surface area contributed by atoms with Crippen molar-refractivity contribution in [1.29, 1.82) is 5.26 Å². The van der Waals surface area contributed by atoms with Crippen molar-refractivity contribution in [2.75, 3.05) is 5.73 Å². The van der Waals surface area contributed by atoms with Crippen molar-refractivity contribution in [3.8, 4) is 17.6 Å². The summed E-state index contributed by atoms with van der Waals surface area (Å²) in [4.78, 5) is 3.55. The quantitative estimate of drug-likeness (QED) is 0.558.